The molecular formula is C21H21N3O5. The van der Waals surface area contributed by atoms with Crippen molar-refractivity contribution in [2.24, 2.45) is 0 Å². The predicted molar refractivity (Wildman–Crippen MR) is 104 cm³/mol. The van der Waals surface area contributed by atoms with E-state index in [2.05, 4.69) is 10.9 Å². The van der Waals surface area contributed by atoms with E-state index in [-0.39, 0.29) is 44.2 Å². The van der Waals surface area contributed by atoms with Gasteiger partial charge in [-0.15, -0.1) is 0 Å². The molecule has 0 unspecified atom stereocenters. The molecule has 3 rings (SSSR count). The van der Waals surface area contributed by atoms with Crippen molar-refractivity contribution in [1.29, 1.82) is 0 Å². The fourth-order valence-electron chi connectivity index (χ4n) is 2.92. The SMILES string of the molecule is O=C(CCN1C(=O)CCC1=O)NNC(=O)COc1ccccc1-c1ccccc1. The van der Waals surface area contributed by atoms with Gasteiger partial charge in [-0.05, 0) is 11.6 Å². The van der Waals surface area contributed by atoms with Crippen LogP contribution in [-0.4, -0.2) is 41.7 Å². The van der Waals surface area contributed by atoms with E-state index in [4.69, 9.17) is 4.74 Å². The van der Waals surface area contributed by atoms with Crippen molar-refractivity contribution < 1.29 is 23.9 Å². The molecule has 29 heavy (non-hydrogen) atoms. The molecule has 0 saturated carbocycles. The first kappa shape index (κ1) is 20.1. The summed E-state index contributed by atoms with van der Waals surface area (Å²) < 4.78 is 5.59. The van der Waals surface area contributed by atoms with Crippen LogP contribution in [0.15, 0.2) is 54.6 Å². The molecule has 8 heteroatoms. The number of hydrogen-bond acceptors (Lipinski definition) is 5. The molecule has 0 radical (unpaired) electrons. The minimum Gasteiger partial charge on any atom is -0.483 e. The van der Waals surface area contributed by atoms with E-state index >= 15 is 0 Å². The van der Waals surface area contributed by atoms with E-state index in [0.29, 0.717) is 5.75 Å². The van der Waals surface area contributed by atoms with Gasteiger partial charge in [0.2, 0.25) is 17.7 Å². The molecule has 2 aromatic rings. The third-order valence-electron chi connectivity index (χ3n) is 4.39. The molecule has 0 spiro atoms. The number of amides is 4. The van der Waals surface area contributed by atoms with Crippen LogP contribution in [0.5, 0.6) is 5.75 Å². The molecule has 0 aliphatic carbocycles. The number of carbonyl (C=O) groups is 4. The van der Waals surface area contributed by atoms with Crippen LogP contribution in [0.25, 0.3) is 11.1 Å². The third-order valence-corrected chi connectivity index (χ3v) is 4.39. The van der Waals surface area contributed by atoms with Gasteiger partial charge in [-0.3, -0.25) is 34.9 Å². The van der Waals surface area contributed by atoms with E-state index in [1.54, 1.807) is 6.07 Å². The molecule has 1 fully saturated rings. The standard InChI is InChI=1S/C21H21N3O5/c25-18(12-13-24-20(27)10-11-21(24)28)22-23-19(26)14-29-17-9-5-4-8-16(17)15-6-2-1-3-7-15/h1-9H,10-14H2,(H,22,25)(H,23,26). The highest BCUT2D eigenvalue weighted by Gasteiger charge is 2.28. The first-order valence-electron chi connectivity index (χ1n) is 9.22. The monoisotopic (exact) mass is 395 g/mol. The van der Waals surface area contributed by atoms with Crippen molar-refractivity contribution in [2.45, 2.75) is 19.3 Å². The second-order valence-corrected chi connectivity index (χ2v) is 6.44. The zero-order chi connectivity index (χ0) is 20.6. The Kier molecular flexibility index (Phi) is 6.57. The van der Waals surface area contributed by atoms with Crippen molar-refractivity contribution in [3.8, 4) is 16.9 Å². The number of imide groups is 1. The molecule has 0 aromatic heterocycles. The summed E-state index contributed by atoms with van der Waals surface area (Å²) in [6.07, 6.45) is 0.271. The van der Waals surface area contributed by atoms with Crippen LogP contribution in [-0.2, 0) is 19.2 Å². The van der Waals surface area contributed by atoms with E-state index in [9.17, 15) is 19.2 Å². The molecule has 1 aliphatic rings. The van der Waals surface area contributed by atoms with Gasteiger partial charge >= 0.3 is 0 Å². The summed E-state index contributed by atoms with van der Waals surface area (Å²) in [7, 11) is 0. The second kappa shape index (κ2) is 9.50. The molecule has 1 heterocycles. The van der Waals surface area contributed by atoms with Crippen LogP contribution < -0.4 is 15.6 Å². The Bertz CT molecular complexity index is 898. The van der Waals surface area contributed by atoms with E-state index in [0.717, 1.165) is 16.0 Å². The van der Waals surface area contributed by atoms with Gasteiger partial charge in [-0.1, -0.05) is 48.5 Å². The number of benzene rings is 2. The molecule has 0 atom stereocenters. The van der Waals surface area contributed by atoms with Gasteiger partial charge < -0.3 is 4.74 Å². The maximum atomic E-state index is 12.0. The summed E-state index contributed by atoms with van der Waals surface area (Å²) in [6.45, 7) is -0.284. The van der Waals surface area contributed by atoms with E-state index in [1.807, 2.05) is 48.5 Å². The Balaban J connectivity index is 1.44. The first-order valence-corrected chi connectivity index (χ1v) is 9.22. The van der Waals surface area contributed by atoms with Crippen LogP contribution in [0.3, 0.4) is 0 Å². The molecule has 2 aromatic carbocycles. The van der Waals surface area contributed by atoms with E-state index < -0.39 is 11.8 Å². The molecule has 8 nitrogen and oxygen atoms in total. The maximum Gasteiger partial charge on any atom is 0.276 e. The predicted octanol–water partition coefficient (Wildman–Crippen LogP) is 1.42. The van der Waals surface area contributed by atoms with Gasteiger partial charge in [0.05, 0.1) is 0 Å². The van der Waals surface area contributed by atoms with Crippen LogP contribution in [0, 0.1) is 0 Å². The topological polar surface area (TPSA) is 105 Å². The smallest absolute Gasteiger partial charge is 0.276 e. The second-order valence-electron chi connectivity index (χ2n) is 6.44. The minimum absolute atomic E-state index is 0.000319. The van der Waals surface area contributed by atoms with Crippen LogP contribution in [0.2, 0.25) is 0 Å². The summed E-state index contributed by atoms with van der Waals surface area (Å²) in [5.41, 5.74) is 6.32. The van der Waals surface area contributed by atoms with Crippen LogP contribution in [0.4, 0.5) is 0 Å². The largest absolute Gasteiger partial charge is 0.483 e. The van der Waals surface area contributed by atoms with Gasteiger partial charge in [0.15, 0.2) is 6.61 Å². The normalized spacial score (nSPS) is 13.3. The number of hydrogen-bond donors (Lipinski definition) is 2. The molecule has 4 amide bonds. The average molecular weight is 395 g/mol. The fourth-order valence-corrected chi connectivity index (χ4v) is 2.92. The third kappa shape index (κ3) is 5.41. The Morgan fingerprint density at radius 2 is 1.48 bits per heavy atom. The van der Waals surface area contributed by atoms with Crippen molar-refractivity contribution in [3.63, 3.8) is 0 Å². The molecule has 1 saturated heterocycles. The summed E-state index contributed by atoms with van der Waals surface area (Å²) in [5, 5.41) is 0. The van der Waals surface area contributed by atoms with Gasteiger partial charge in [0.25, 0.3) is 5.91 Å². The Labute approximate surface area is 167 Å². The molecule has 2 N–H and O–H groups in total. The van der Waals surface area contributed by atoms with Gasteiger partial charge in [-0.2, -0.15) is 0 Å². The molecule has 0 bridgehead atoms. The Morgan fingerprint density at radius 3 is 2.21 bits per heavy atom. The highest BCUT2D eigenvalue weighted by molar-refractivity contribution is 6.02. The lowest BCUT2D eigenvalue weighted by Crippen LogP contribution is -2.45. The van der Waals surface area contributed by atoms with Crippen LogP contribution >= 0.6 is 0 Å². The number of para-hydroxylation sites is 1. The quantitative estimate of drug-likeness (QED) is 0.545. The van der Waals surface area contributed by atoms with Gasteiger partial charge in [0, 0.05) is 31.4 Å². The number of carbonyl (C=O) groups excluding carboxylic acids is 4. The van der Waals surface area contributed by atoms with Crippen molar-refractivity contribution in [3.05, 3.63) is 54.6 Å². The number of ether oxygens (including phenoxy) is 1. The lowest BCUT2D eigenvalue weighted by atomic mass is 10.1. The lowest BCUT2D eigenvalue weighted by molar-refractivity contribution is -0.139. The minimum atomic E-state index is -0.533. The molecule has 150 valence electrons. The van der Waals surface area contributed by atoms with Gasteiger partial charge in [-0.25, -0.2) is 0 Å². The zero-order valence-corrected chi connectivity index (χ0v) is 15.7. The molecule has 1 aliphatic heterocycles. The Hall–Kier alpha value is -3.68. The summed E-state index contributed by atoms with van der Waals surface area (Å²) >= 11 is 0. The summed E-state index contributed by atoms with van der Waals surface area (Å²) in [6, 6.07) is 17.0. The highest BCUT2D eigenvalue weighted by atomic mass is 16.5. The number of nitrogens with zero attached hydrogens (tertiary/aromatic N) is 1. The van der Waals surface area contributed by atoms with E-state index in [1.165, 1.54) is 0 Å². The zero-order valence-electron chi connectivity index (χ0n) is 15.7. The summed E-state index contributed by atoms with van der Waals surface area (Å²) in [4.78, 5) is 47.8. The summed E-state index contributed by atoms with van der Waals surface area (Å²) in [5.74, 6) is -1.05. The number of nitrogens with one attached hydrogen (secondary N) is 2. The number of rotatable bonds is 7. The maximum absolute atomic E-state index is 12.0. The van der Waals surface area contributed by atoms with Gasteiger partial charge in [0.1, 0.15) is 5.75 Å². The van der Waals surface area contributed by atoms with Crippen molar-refractivity contribution in [1.82, 2.24) is 15.8 Å². The average Bonchev–Trinajstić information content (AvgIpc) is 3.07. The van der Waals surface area contributed by atoms with Crippen molar-refractivity contribution >= 4 is 23.6 Å². The Morgan fingerprint density at radius 1 is 0.862 bits per heavy atom. The first-order chi connectivity index (χ1) is 14.0. The van der Waals surface area contributed by atoms with Crippen LogP contribution in [0.1, 0.15) is 19.3 Å². The number of hydrazine groups is 1. The highest BCUT2D eigenvalue weighted by Crippen LogP contribution is 2.29. The molecular weight excluding hydrogens is 374 g/mol. The lowest BCUT2D eigenvalue weighted by Gasteiger charge is -2.14. The fraction of sp³-hybridized carbons (Fsp3) is 0.238. The number of likely N-dealkylation sites (tertiary alicyclic amines) is 1. The van der Waals surface area contributed by atoms with Crippen molar-refractivity contribution in [2.75, 3.05) is 13.2 Å².